The van der Waals surface area contributed by atoms with Crippen molar-refractivity contribution in [3.05, 3.63) is 46.1 Å². The van der Waals surface area contributed by atoms with Crippen LogP contribution in [0.25, 0.3) is 0 Å². The second-order valence-electron chi connectivity index (χ2n) is 17.2. The SMILES string of the molecule is CCCCCCCCCCCCCC(=O)OCCC[C@@H]1/C(=C(/C)C=O)CC[C@](C)(O)[C@@]12C[C@H](/C=C(C)/C=C/C1=C(C)CC[C@H](C)C1(C)C)O[C@H]2O. The molecule has 2 N–H and O–H groups in total. The van der Waals surface area contributed by atoms with Gasteiger partial charge in [-0.1, -0.05) is 127 Å². The van der Waals surface area contributed by atoms with E-state index < -0.39 is 17.3 Å². The van der Waals surface area contributed by atoms with Crippen molar-refractivity contribution < 1.29 is 29.3 Å². The van der Waals surface area contributed by atoms with Crippen LogP contribution in [-0.2, 0) is 19.1 Å². The monoisotopic (exact) mass is 711 g/mol. The highest BCUT2D eigenvalue weighted by atomic mass is 16.6. The first kappa shape index (κ1) is 43.4. The molecule has 3 rings (SSSR count). The van der Waals surface area contributed by atoms with E-state index in [0.717, 1.165) is 36.7 Å². The minimum Gasteiger partial charge on any atom is -0.466 e. The summed E-state index contributed by atoms with van der Waals surface area (Å²) in [5.74, 6) is 0.170. The topological polar surface area (TPSA) is 93.1 Å². The summed E-state index contributed by atoms with van der Waals surface area (Å²) in [6.45, 7) is 17.5. The molecule has 51 heavy (non-hydrogen) atoms. The zero-order chi connectivity index (χ0) is 37.7. The molecule has 6 atom stereocenters. The Labute approximate surface area is 311 Å². The number of aliphatic hydroxyl groups is 2. The van der Waals surface area contributed by atoms with Crippen molar-refractivity contribution in [2.75, 3.05) is 6.61 Å². The molecule has 0 amide bonds. The molecule has 1 saturated carbocycles. The van der Waals surface area contributed by atoms with E-state index >= 15 is 0 Å². The first-order valence-corrected chi connectivity index (χ1v) is 20.6. The van der Waals surface area contributed by atoms with Gasteiger partial charge in [0.25, 0.3) is 0 Å². The average molecular weight is 711 g/mol. The summed E-state index contributed by atoms with van der Waals surface area (Å²) in [4.78, 5) is 24.6. The molecular formula is C45H74O6. The van der Waals surface area contributed by atoms with Gasteiger partial charge >= 0.3 is 5.97 Å². The first-order chi connectivity index (χ1) is 24.2. The Balaban J connectivity index is 1.60. The molecule has 0 aromatic heterocycles. The number of allylic oxidation sites excluding steroid dienone is 7. The summed E-state index contributed by atoms with van der Waals surface area (Å²) in [6, 6.07) is 0. The summed E-state index contributed by atoms with van der Waals surface area (Å²) in [6.07, 6.45) is 24.8. The molecule has 6 nitrogen and oxygen atoms in total. The molecule has 290 valence electrons. The van der Waals surface area contributed by atoms with Crippen molar-refractivity contribution >= 4 is 12.3 Å². The number of carbonyl (C=O) groups is 2. The summed E-state index contributed by atoms with van der Waals surface area (Å²) in [5, 5.41) is 23.7. The largest absolute Gasteiger partial charge is 0.466 e. The molecule has 0 aromatic carbocycles. The minimum absolute atomic E-state index is 0.109. The Bertz CT molecular complexity index is 1250. The van der Waals surface area contributed by atoms with Crippen molar-refractivity contribution in [2.24, 2.45) is 22.7 Å². The van der Waals surface area contributed by atoms with Crippen LogP contribution in [0.15, 0.2) is 46.1 Å². The van der Waals surface area contributed by atoms with Crippen LogP contribution in [0.2, 0.25) is 0 Å². The number of hydrogen-bond donors (Lipinski definition) is 2. The number of hydrogen-bond acceptors (Lipinski definition) is 6. The van der Waals surface area contributed by atoms with Crippen LogP contribution in [0.4, 0.5) is 0 Å². The van der Waals surface area contributed by atoms with Gasteiger partial charge in [0.2, 0.25) is 0 Å². The predicted octanol–water partition coefficient (Wildman–Crippen LogP) is 11.1. The molecule has 3 aliphatic rings. The molecule has 1 aliphatic heterocycles. The maximum Gasteiger partial charge on any atom is 0.305 e. The van der Waals surface area contributed by atoms with Crippen LogP contribution in [-0.4, -0.2) is 47.1 Å². The highest BCUT2D eigenvalue weighted by Gasteiger charge is 2.64. The first-order valence-electron chi connectivity index (χ1n) is 20.6. The van der Waals surface area contributed by atoms with Gasteiger partial charge in [-0.3, -0.25) is 9.59 Å². The van der Waals surface area contributed by atoms with E-state index in [2.05, 4.69) is 59.8 Å². The van der Waals surface area contributed by atoms with Crippen LogP contribution < -0.4 is 0 Å². The van der Waals surface area contributed by atoms with E-state index in [1.807, 2.05) is 13.8 Å². The molecule has 0 aromatic rings. The van der Waals surface area contributed by atoms with Crippen molar-refractivity contribution in [1.29, 1.82) is 0 Å². The third-order valence-electron chi connectivity index (χ3n) is 13.1. The fraction of sp³-hybridized carbons (Fsp3) is 0.778. The fourth-order valence-electron chi connectivity index (χ4n) is 9.26. The van der Waals surface area contributed by atoms with Gasteiger partial charge in [0.15, 0.2) is 6.29 Å². The van der Waals surface area contributed by atoms with Gasteiger partial charge in [-0.2, -0.15) is 0 Å². The Morgan fingerprint density at radius 1 is 0.961 bits per heavy atom. The van der Waals surface area contributed by atoms with E-state index in [9.17, 15) is 19.8 Å². The zero-order valence-electron chi connectivity index (χ0n) is 33.8. The number of rotatable bonds is 20. The van der Waals surface area contributed by atoms with E-state index in [-0.39, 0.29) is 30.0 Å². The average Bonchev–Trinajstić information content (AvgIpc) is 3.41. The van der Waals surface area contributed by atoms with E-state index in [4.69, 9.17) is 9.47 Å². The smallest absolute Gasteiger partial charge is 0.305 e. The lowest BCUT2D eigenvalue weighted by atomic mass is 9.53. The molecule has 0 radical (unpaired) electrons. The lowest BCUT2D eigenvalue weighted by molar-refractivity contribution is -0.219. The molecule has 1 saturated heterocycles. The van der Waals surface area contributed by atoms with Crippen LogP contribution >= 0.6 is 0 Å². The van der Waals surface area contributed by atoms with E-state index in [1.165, 1.54) is 75.4 Å². The highest BCUT2D eigenvalue weighted by molar-refractivity contribution is 5.74. The maximum atomic E-state index is 12.6. The summed E-state index contributed by atoms with van der Waals surface area (Å²) < 4.78 is 11.9. The van der Waals surface area contributed by atoms with Gasteiger partial charge in [-0.05, 0) is 107 Å². The third kappa shape index (κ3) is 11.5. The Kier molecular flexibility index (Phi) is 17.4. The van der Waals surface area contributed by atoms with Crippen LogP contribution in [0.3, 0.4) is 0 Å². The van der Waals surface area contributed by atoms with E-state index in [0.29, 0.717) is 50.0 Å². The van der Waals surface area contributed by atoms with Crippen LogP contribution in [0.1, 0.15) is 177 Å². The molecule has 0 unspecified atom stereocenters. The van der Waals surface area contributed by atoms with Crippen molar-refractivity contribution in [2.45, 2.75) is 195 Å². The molecule has 2 fully saturated rings. The van der Waals surface area contributed by atoms with Crippen molar-refractivity contribution in [3.63, 3.8) is 0 Å². The van der Waals surface area contributed by atoms with Crippen molar-refractivity contribution in [3.8, 4) is 0 Å². The number of esters is 1. The Morgan fingerprint density at radius 2 is 1.59 bits per heavy atom. The van der Waals surface area contributed by atoms with Gasteiger partial charge < -0.3 is 19.7 Å². The van der Waals surface area contributed by atoms with Crippen LogP contribution in [0.5, 0.6) is 0 Å². The number of unbranched alkanes of at least 4 members (excludes halogenated alkanes) is 10. The number of carbonyl (C=O) groups excluding carboxylic acids is 2. The lowest BCUT2D eigenvalue weighted by Gasteiger charge is -2.54. The second-order valence-corrected chi connectivity index (χ2v) is 17.2. The van der Waals surface area contributed by atoms with E-state index in [1.54, 1.807) is 0 Å². The second kappa shape index (κ2) is 20.4. The molecule has 2 aliphatic carbocycles. The third-order valence-corrected chi connectivity index (χ3v) is 13.1. The number of ether oxygens (including phenoxy) is 2. The lowest BCUT2D eigenvalue weighted by Crippen LogP contribution is -2.58. The maximum absolute atomic E-state index is 12.6. The van der Waals surface area contributed by atoms with Crippen LogP contribution in [0, 0.1) is 22.7 Å². The van der Waals surface area contributed by atoms with Gasteiger partial charge in [-0.15, -0.1) is 0 Å². The Morgan fingerprint density at radius 3 is 2.22 bits per heavy atom. The van der Waals surface area contributed by atoms with Gasteiger partial charge in [-0.25, -0.2) is 0 Å². The van der Waals surface area contributed by atoms with Gasteiger partial charge in [0, 0.05) is 6.42 Å². The normalized spacial score (nSPS) is 30.7. The molecule has 0 bridgehead atoms. The number of aldehydes is 1. The van der Waals surface area contributed by atoms with Gasteiger partial charge in [0.1, 0.15) is 6.29 Å². The minimum atomic E-state index is -1.20. The Hall–Kier alpha value is -2.02. The zero-order valence-corrected chi connectivity index (χ0v) is 33.8. The molecule has 1 spiro atoms. The summed E-state index contributed by atoms with van der Waals surface area (Å²) in [7, 11) is 0. The molecule has 6 heteroatoms. The predicted molar refractivity (Wildman–Crippen MR) is 209 cm³/mol. The van der Waals surface area contributed by atoms with Gasteiger partial charge in [0.05, 0.1) is 23.7 Å². The summed E-state index contributed by atoms with van der Waals surface area (Å²) in [5.41, 5.74) is 3.44. The number of aliphatic hydroxyl groups excluding tert-OH is 1. The van der Waals surface area contributed by atoms with Crippen molar-refractivity contribution in [1.82, 2.24) is 0 Å². The standard InChI is InChI=1S/C45H74O6/c1-9-10-11-12-13-14-15-16-17-18-19-22-41(47)50-29-20-21-40-38(35(4)32-46)27-28-44(8,49)45(40)31-37(51-42(45)48)30-33(2)23-26-39-34(3)24-25-36(5)43(39,6)7/h23,26,30,32,36-37,40,42,48-49H,9-22,24-25,27-29,31H2,1-8H3/b26-23+,33-30+,38-35-/t36-,37-,40+,42+,44-,45-/m0/s1. The highest BCUT2D eigenvalue weighted by Crippen LogP contribution is 2.60. The summed E-state index contributed by atoms with van der Waals surface area (Å²) >= 11 is 0. The quantitative estimate of drug-likeness (QED) is 0.0429. The fourth-order valence-corrected chi connectivity index (χ4v) is 9.26. The molecular weight excluding hydrogens is 636 g/mol. The molecule has 1 heterocycles.